The van der Waals surface area contributed by atoms with Gasteiger partial charge in [0.05, 0.1) is 23.1 Å². The van der Waals surface area contributed by atoms with Crippen LogP contribution in [-0.4, -0.2) is 10.8 Å². The lowest BCUT2D eigenvalue weighted by atomic mass is 9.89. The maximum absolute atomic E-state index is 12.8. The van der Waals surface area contributed by atoms with E-state index in [4.69, 9.17) is 9.41 Å². The predicted octanol–water partition coefficient (Wildman–Crippen LogP) is 6.64. The first-order valence-corrected chi connectivity index (χ1v) is 11.3. The first-order chi connectivity index (χ1) is 16.6. The van der Waals surface area contributed by atoms with Gasteiger partial charge >= 0.3 is 5.63 Å². The van der Waals surface area contributed by atoms with Gasteiger partial charge in [-0.25, -0.2) is 4.79 Å². The maximum atomic E-state index is 12.8. The topological polar surface area (TPSA) is 74.8 Å². The van der Waals surface area contributed by atoms with Crippen molar-refractivity contribution in [3.8, 4) is 5.75 Å². The Balaban J connectivity index is 1.63. The molecule has 1 aliphatic heterocycles. The molecule has 1 atom stereocenters. The van der Waals surface area contributed by atoms with Crippen LogP contribution < -0.4 is 10.9 Å². The molecule has 34 heavy (non-hydrogen) atoms. The fourth-order valence-electron chi connectivity index (χ4n) is 4.93. The van der Waals surface area contributed by atoms with Gasteiger partial charge in [0, 0.05) is 12.5 Å². The van der Waals surface area contributed by atoms with E-state index in [1.165, 1.54) is 6.07 Å². The van der Waals surface area contributed by atoms with E-state index in [1.54, 1.807) is 6.92 Å². The van der Waals surface area contributed by atoms with Crippen molar-refractivity contribution >= 4 is 38.6 Å². The molecule has 6 rings (SSSR count). The van der Waals surface area contributed by atoms with Crippen LogP contribution in [0, 0.1) is 6.92 Å². The largest absolute Gasteiger partial charge is 0.507 e. The number of hydrogen-bond donors (Lipinski definition) is 2. The van der Waals surface area contributed by atoms with Gasteiger partial charge in [-0.2, -0.15) is 0 Å². The molecule has 0 saturated carbocycles. The van der Waals surface area contributed by atoms with Crippen LogP contribution in [0.15, 0.2) is 99.1 Å². The van der Waals surface area contributed by atoms with Crippen LogP contribution in [0.1, 0.15) is 29.3 Å². The monoisotopic (exact) mass is 446 g/mol. The van der Waals surface area contributed by atoms with Crippen molar-refractivity contribution < 1.29 is 9.52 Å². The van der Waals surface area contributed by atoms with Crippen LogP contribution in [0.5, 0.6) is 5.75 Å². The minimum absolute atomic E-state index is 0.110. The number of aromatic hydroxyl groups is 1. The third kappa shape index (κ3) is 3.33. The summed E-state index contributed by atoms with van der Waals surface area (Å²) >= 11 is 0. The molecular weight excluding hydrogens is 424 g/mol. The normalized spacial score (nSPS) is 15.4. The van der Waals surface area contributed by atoms with Gasteiger partial charge in [0.1, 0.15) is 17.1 Å². The standard InChI is InChI=1S/C29H22N2O3/c1-17-14-26(32)28(29(33)34-17)25-16-24(30-22-12-6-7-13-23(22)31-25)27-20-10-4-2-8-18(20)15-19-9-3-5-11-21(19)27/h2-15,24,30,32H,16H2,1H3. The minimum atomic E-state index is -0.586. The van der Waals surface area contributed by atoms with Gasteiger partial charge in [-0.1, -0.05) is 60.7 Å². The smallest absolute Gasteiger partial charge is 0.348 e. The van der Waals surface area contributed by atoms with Crippen LogP contribution in [0.25, 0.3) is 21.5 Å². The van der Waals surface area contributed by atoms with E-state index >= 15 is 0 Å². The van der Waals surface area contributed by atoms with Crippen LogP contribution in [-0.2, 0) is 0 Å². The summed E-state index contributed by atoms with van der Waals surface area (Å²) in [6.07, 6.45) is 0.397. The molecule has 1 aromatic heterocycles. The second kappa shape index (κ2) is 7.89. The number of nitrogens with one attached hydrogen (secondary N) is 1. The summed E-state index contributed by atoms with van der Waals surface area (Å²) in [5, 5.41) is 18.9. The van der Waals surface area contributed by atoms with Crippen molar-refractivity contribution in [1.29, 1.82) is 0 Å². The quantitative estimate of drug-likeness (QED) is 0.298. The van der Waals surface area contributed by atoms with E-state index < -0.39 is 5.63 Å². The lowest BCUT2D eigenvalue weighted by molar-refractivity contribution is 0.432. The van der Waals surface area contributed by atoms with Crippen molar-refractivity contribution in [3.63, 3.8) is 0 Å². The van der Waals surface area contributed by atoms with Crippen LogP contribution >= 0.6 is 0 Å². The molecule has 1 unspecified atom stereocenters. The molecule has 5 nitrogen and oxygen atoms in total. The van der Waals surface area contributed by atoms with E-state index in [9.17, 15) is 9.90 Å². The van der Waals surface area contributed by atoms with Crippen LogP contribution in [0.4, 0.5) is 11.4 Å². The van der Waals surface area contributed by atoms with Gasteiger partial charge in [-0.05, 0) is 52.2 Å². The third-order valence-corrected chi connectivity index (χ3v) is 6.39. The molecule has 5 heteroatoms. The summed E-state index contributed by atoms with van der Waals surface area (Å²) in [6, 6.07) is 27.9. The lowest BCUT2D eigenvalue weighted by Gasteiger charge is -2.23. The Labute approximate surface area is 196 Å². The van der Waals surface area contributed by atoms with E-state index in [0.29, 0.717) is 23.6 Å². The van der Waals surface area contributed by atoms with E-state index in [0.717, 1.165) is 32.8 Å². The second-order valence-electron chi connectivity index (χ2n) is 8.61. The molecule has 0 spiro atoms. The molecule has 5 aromatic rings. The van der Waals surface area contributed by atoms with E-state index in [-0.39, 0.29) is 17.4 Å². The summed E-state index contributed by atoms with van der Waals surface area (Å²) in [6.45, 7) is 1.64. The van der Waals surface area contributed by atoms with Crippen molar-refractivity contribution in [1.82, 2.24) is 0 Å². The Morgan fingerprint density at radius 2 is 1.56 bits per heavy atom. The number of benzene rings is 4. The molecule has 0 saturated heterocycles. The Hall–Kier alpha value is -4.38. The number of aryl methyl sites for hydroxylation is 1. The van der Waals surface area contributed by atoms with Gasteiger partial charge in [0.15, 0.2) is 0 Å². The molecule has 0 bridgehead atoms. The SMILES string of the molecule is Cc1cc(O)c(C2=Nc3ccccc3NC(c3c4ccccc4cc4ccccc34)C2)c(=O)o1. The maximum Gasteiger partial charge on any atom is 0.348 e. The molecular formula is C29H22N2O3. The summed E-state index contributed by atoms with van der Waals surface area (Å²) in [5.74, 6) is 0.240. The zero-order valence-electron chi connectivity index (χ0n) is 18.6. The molecule has 0 amide bonds. The fourth-order valence-corrected chi connectivity index (χ4v) is 4.93. The average molecular weight is 447 g/mol. The zero-order chi connectivity index (χ0) is 23.2. The summed E-state index contributed by atoms with van der Waals surface area (Å²) in [7, 11) is 0. The zero-order valence-corrected chi connectivity index (χ0v) is 18.6. The lowest BCUT2D eigenvalue weighted by Crippen LogP contribution is -2.20. The second-order valence-corrected chi connectivity index (χ2v) is 8.61. The fraction of sp³-hybridized carbons (Fsp3) is 0.103. The Kier molecular flexibility index (Phi) is 4.69. The van der Waals surface area contributed by atoms with Crippen LogP contribution in [0.3, 0.4) is 0 Å². The summed E-state index contributed by atoms with van der Waals surface area (Å²) in [5.41, 5.74) is 2.73. The van der Waals surface area contributed by atoms with Gasteiger partial charge in [0.25, 0.3) is 0 Å². The van der Waals surface area contributed by atoms with Crippen molar-refractivity contribution in [2.24, 2.45) is 4.99 Å². The molecule has 2 N–H and O–H groups in total. The highest BCUT2D eigenvalue weighted by atomic mass is 16.4. The highest BCUT2D eigenvalue weighted by molar-refractivity contribution is 6.08. The number of nitrogens with zero attached hydrogens (tertiary/aromatic N) is 1. The first-order valence-electron chi connectivity index (χ1n) is 11.3. The van der Waals surface area contributed by atoms with Crippen LogP contribution in [0.2, 0.25) is 0 Å². The first kappa shape index (κ1) is 20.2. The number of para-hydroxylation sites is 2. The highest BCUT2D eigenvalue weighted by Crippen LogP contribution is 2.41. The molecule has 0 fully saturated rings. The average Bonchev–Trinajstić information content (AvgIpc) is 3.01. The predicted molar refractivity (Wildman–Crippen MR) is 136 cm³/mol. The third-order valence-electron chi connectivity index (χ3n) is 6.39. The molecule has 166 valence electrons. The van der Waals surface area contributed by atoms with E-state index in [1.807, 2.05) is 48.5 Å². The van der Waals surface area contributed by atoms with Gasteiger partial charge in [0.2, 0.25) is 0 Å². The van der Waals surface area contributed by atoms with Crippen molar-refractivity contribution in [2.75, 3.05) is 5.32 Å². The van der Waals surface area contributed by atoms with Gasteiger partial charge < -0.3 is 14.8 Å². The Morgan fingerprint density at radius 1 is 0.912 bits per heavy atom. The number of hydrogen-bond acceptors (Lipinski definition) is 5. The number of aliphatic imine (C=N–C) groups is 1. The van der Waals surface area contributed by atoms with Crippen molar-refractivity contribution in [3.05, 3.63) is 112 Å². The van der Waals surface area contributed by atoms with E-state index in [2.05, 4.69) is 35.6 Å². The van der Waals surface area contributed by atoms with Gasteiger partial charge in [-0.3, -0.25) is 4.99 Å². The number of fused-ring (bicyclic) bond motifs is 3. The summed E-state index contributed by atoms with van der Waals surface area (Å²) in [4.78, 5) is 17.7. The van der Waals surface area contributed by atoms with Gasteiger partial charge in [-0.15, -0.1) is 0 Å². The molecule has 2 heterocycles. The molecule has 4 aromatic carbocycles. The summed E-state index contributed by atoms with van der Waals surface area (Å²) < 4.78 is 5.34. The Bertz CT molecular complexity index is 1610. The minimum Gasteiger partial charge on any atom is -0.507 e. The number of anilines is 1. The van der Waals surface area contributed by atoms with Crippen molar-refractivity contribution in [2.45, 2.75) is 19.4 Å². The molecule has 0 aliphatic carbocycles. The number of rotatable bonds is 2. The Morgan fingerprint density at radius 3 is 2.26 bits per heavy atom. The highest BCUT2D eigenvalue weighted by Gasteiger charge is 2.27. The molecule has 0 radical (unpaired) electrons. The molecule has 1 aliphatic rings.